The lowest BCUT2D eigenvalue weighted by Crippen LogP contribution is -2.47. The van der Waals surface area contributed by atoms with E-state index in [0.29, 0.717) is 18.3 Å². The number of nitrogens with one attached hydrogen (secondary N) is 2. The van der Waals surface area contributed by atoms with E-state index in [1.54, 1.807) is 13.2 Å². The predicted octanol–water partition coefficient (Wildman–Crippen LogP) is 0.962. The molecule has 1 aromatic rings. The van der Waals surface area contributed by atoms with Gasteiger partial charge in [0.05, 0.1) is 18.2 Å². The molecule has 0 bridgehead atoms. The van der Waals surface area contributed by atoms with Gasteiger partial charge in [0.25, 0.3) is 5.91 Å². The number of nitrogens with zero attached hydrogens (tertiary/aromatic N) is 2. The second kappa shape index (κ2) is 6.37. The summed E-state index contributed by atoms with van der Waals surface area (Å²) in [6.07, 6.45) is 4.13. The van der Waals surface area contributed by atoms with Gasteiger partial charge in [0.15, 0.2) is 0 Å². The molecule has 0 aliphatic carbocycles. The van der Waals surface area contributed by atoms with Crippen LogP contribution in [0.5, 0.6) is 0 Å². The second-order valence-electron chi connectivity index (χ2n) is 5.95. The zero-order valence-corrected chi connectivity index (χ0v) is 12.5. The van der Waals surface area contributed by atoms with Crippen LogP contribution in [0.2, 0.25) is 0 Å². The summed E-state index contributed by atoms with van der Waals surface area (Å²) in [6.45, 7) is 6.30. The van der Waals surface area contributed by atoms with Crippen molar-refractivity contribution in [3.05, 3.63) is 18.0 Å². The van der Waals surface area contributed by atoms with E-state index < -0.39 is 5.54 Å². The highest BCUT2D eigenvalue weighted by Crippen LogP contribution is 2.16. The number of amides is 1. The molecule has 1 aliphatic heterocycles. The minimum absolute atomic E-state index is 0.158. The Hall–Kier alpha value is -1.40. The zero-order chi connectivity index (χ0) is 14.6. The van der Waals surface area contributed by atoms with E-state index in [4.69, 9.17) is 4.74 Å². The molecule has 2 N–H and O–H groups in total. The van der Waals surface area contributed by atoms with E-state index in [2.05, 4.69) is 15.7 Å². The average Bonchev–Trinajstić information content (AvgIpc) is 2.88. The van der Waals surface area contributed by atoms with E-state index in [1.807, 2.05) is 24.7 Å². The monoisotopic (exact) mass is 280 g/mol. The number of carbonyl (C=O) groups excluding carboxylic acids is 1. The van der Waals surface area contributed by atoms with Gasteiger partial charge in [0.1, 0.15) is 5.69 Å². The normalized spacial score (nSPS) is 19.9. The molecule has 2 heterocycles. The fourth-order valence-electron chi connectivity index (χ4n) is 2.49. The smallest absolute Gasteiger partial charge is 0.272 e. The molecule has 1 unspecified atom stereocenters. The first-order valence-corrected chi connectivity index (χ1v) is 7.09. The lowest BCUT2D eigenvalue weighted by atomic mass is 10.1. The van der Waals surface area contributed by atoms with Crippen LogP contribution < -0.4 is 10.6 Å². The van der Waals surface area contributed by atoms with Crippen molar-refractivity contribution in [1.29, 1.82) is 0 Å². The number of methoxy groups -OCH3 is 1. The third-order valence-corrected chi connectivity index (χ3v) is 3.44. The summed E-state index contributed by atoms with van der Waals surface area (Å²) in [5.74, 6) is -0.158. The maximum absolute atomic E-state index is 12.2. The molecule has 112 valence electrons. The third-order valence-electron chi connectivity index (χ3n) is 3.44. The summed E-state index contributed by atoms with van der Waals surface area (Å²) in [6, 6.07) is 2.12. The molecule has 0 aromatic carbocycles. The molecule has 0 spiro atoms. The van der Waals surface area contributed by atoms with Gasteiger partial charge in [-0.05, 0) is 39.3 Å². The fourth-order valence-corrected chi connectivity index (χ4v) is 2.49. The molecule has 0 radical (unpaired) electrons. The first kappa shape index (κ1) is 15.0. The number of rotatable bonds is 5. The highest BCUT2D eigenvalue weighted by molar-refractivity contribution is 5.92. The van der Waals surface area contributed by atoms with E-state index in [0.717, 1.165) is 25.9 Å². The van der Waals surface area contributed by atoms with Crippen molar-refractivity contribution in [1.82, 2.24) is 20.4 Å². The molecule has 1 fully saturated rings. The molecule has 20 heavy (non-hydrogen) atoms. The summed E-state index contributed by atoms with van der Waals surface area (Å²) in [7, 11) is 1.62. The first-order valence-electron chi connectivity index (χ1n) is 7.09. The van der Waals surface area contributed by atoms with Crippen LogP contribution in [0.1, 0.15) is 43.2 Å². The van der Waals surface area contributed by atoms with Crippen LogP contribution in [0.3, 0.4) is 0 Å². The van der Waals surface area contributed by atoms with Gasteiger partial charge in [0.2, 0.25) is 0 Å². The average molecular weight is 280 g/mol. The van der Waals surface area contributed by atoms with Crippen LogP contribution in [0, 0.1) is 0 Å². The van der Waals surface area contributed by atoms with Crippen LogP contribution in [-0.4, -0.2) is 48.0 Å². The molecule has 6 heteroatoms. The van der Waals surface area contributed by atoms with Crippen LogP contribution in [0.25, 0.3) is 0 Å². The summed E-state index contributed by atoms with van der Waals surface area (Å²) in [5.41, 5.74) is 0.0573. The van der Waals surface area contributed by atoms with Crippen molar-refractivity contribution >= 4 is 5.91 Å². The van der Waals surface area contributed by atoms with Gasteiger partial charge >= 0.3 is 0 Å². The highest BCUT2D eigenvalue weighted by Gasteiger charge is 2.23. The van der Waals surface area contributed by atoms with Crippen molar-refractivity contribution < 1.29 is 9.53 Å². The van der Waals surface area contributed by atoms with Gasteiger partial charge in [-0.1, -0.05) is 0 Å². The van der Waals surface area contributed by atoms with Crippen molar-refractivity contribution in [2.75, 3.05) is 26.8 Å². The summed E-state index contributed by atoms with van der Waals surface area (Å²) in [4.78, 5) is 12.2. The SMILES string of the molecule is COCC(C)(C)NC(=O)c1ccn(C2CCCNC2)n1. The Bertz CT molecular complexity index is 450. The predicted molar refractivity (Wildman–Crippen MR) is 76.8 cm³/mol. The standard InChI is InChI=1S/C14H24N4O2/c1-14(2,10-20-3)16-13(19)12-6-8-18(17-12)11-5-4-7-15-9-11/h6,8,11,15H,4-5,7,9-10H2,1-3H3,(H,16,19). The van der Waals surface area contributed by atoms with Gasteiger partial charge in [-0.3, -0.25) is 9.48 Å². The minimum Gasteiger partial charge on any atom is -0.382 e. The van der Waals surface area contributed by atoms with Gasteiger partial charge < -0.3 is 15.4 Å². The quantitative estimate of drug-likeness (QED) is 0.843. The maximum Gasteiger partial charge on any atom is 0.272 e. The summed E-state index contributed by atoms with van der Waals surface area (Å²) >= 11 is 0. The summed E-state index contributed by atoms with van der Waals surface area (Å²) < 4.78 is 6.99. The number of ether oxygens (including phenoxy) is 1. The summed E-state index contributed by atoms with van der Waals surface area (Å²) in [5, 5.41) is 10.7. The van der Waals surface area contributed by atoms with Crippen molar-refractivity contribution in [2.45, 2.75) is 38.3 Å². The minimum atomic E-state index is -0.401. The molecule has 1 atom stereocenters. The molecule has 1 aromatic heterocycles. The topological polar surface area (TPSA) is 68.2 Å². The van der Waals surface area contributed by atoms with Gasteiger partial charge in [-0.15, -0.1) is 0 Å². The van der Waals surface area contributed by atoms with Crippen LogP contribution in [-0.2, 0) is 4.74 Å². The van der Waals surface area contributed by atoms with Gasteiger partial charge in [-0.25, -0.2) is 0 Å². The Kier molecular flexibility index (Phi) is 4.77. The number of carbonyl (C=O) groups is 1. The molecule has 6 nitrogen and oxygen atoms in total. The van der Waals surface area contributed by atoms with Crippen molar-refractivity contribution in [2.24, 2.45) is 0 Å². The third kappa shape index (κ3) is 3.80. The van der Waals surface area contributed by atoms with E-state index in [-0.39, 0.29) is 5.91 Å². The second-order valence-corrected chi connectivity index (χ2v) is 5.95. The molecule has 1 saturated heterocycles. The number of hydrogen-bond donors (Lipinski definition) is 2. The maximum atomic E-state index is 12.2. The molecule has 2 rings (SSSR count). The Balaban J connectivity index is 1.99. The lowest BCUT2D eigenvalue weighted by Gasteiger charge is -2.25. The molecule has 1 amide bonds. The molecular weight excluding hydrogens is 256 g/mol. The van der Waals surface area contributed by atoms with Crippen molar-refractivity contribution in [3.8, 4) is 0 Å². The zero-order valence-electron chi connectivity index (χ0n) is 12.5. The Morgan fingerprint density at radius 3 is 3.10 bits per heavy atom. The van der Waals surface area contributed by atoms with E-state index >= 15 is 0 Å². The fraction of sp³-hybridized carbons (Fsp3) is 0.714. The van der Waals surface area contributed by atoms with E-state index in [1.165, 1.54) is 0 Å². The molecule has 0 saturated carbocycles. The number of hydrogen-bond acceptors (Lipinski definition) is 4. The Labute approximate surface area is 119 Å². The van der Waals surface area contributed by atoms with Crippen LogP contribution in [0.15, 0.2) is 12.3 Å². The lowest BCUT2D eigenvalue weighted by molar-refractivity contribution is 0.0814. The van der Waals surface area contributed by atoms with E-state index in [9.17, 15) is 4.79 Å². The van der Waals surface area contributed by atoms with Crippen LogP contribution in [0.4, 0.5) is 0 Å². The first-order chi connectivity index (χ1) is 9.52. The van der Waals surface area contributed by atoms with Crippen LogP contribution >= 0.6 is 0 Å². The number of aromatic nitrogens is 2. The van der Waals surface area contributed by atoms with Gasteiger partial charge in [-0.2, -0.15) is 5.10 Å². The molecule has 1 aliphatic rings. The van der Waals surface area contributed by atoms with Crippen molar-refractivity contribution in [3.63, 3.8) is 0 Å². The Morgan fingerprint density at radius 2 is 2.45 bits per heavy atom. The number of piperidine rings is 1. The highest BCUT2D eigenvalue weighted by atomic mass is 16.5. The largest absolute Gasteiger partial charge is 0.382 e. The molecular formula is C14H24N4O2. The van der Waals surface area contributed by atoms with Gasteiger partial charge in [0, 0.05) is 19.9 Å². The Morgan fingerprint density at radius 1 is 1.65 bits per heavy atom.